The maximum absolute atomic E-state index is 5.60. The van der Waals surface area contributed by atoms with E-state index < -0.39 is 0 Å². The van der Waals surface area contributed by atoms with E-state index >= 15 is 0 Å². The summed E-state index contributed by atoms with van der Waals surface area (Å²) < 4.78 is 0. The minimum atomic E-state index is 0.425. The smallest absolute Gasteiger partial charge is 0.0226 e. The highest BCUT2D eigenvalue weighted by Crippen LogP contribution is 2.27. The molecule has 0 unspecified atom stereocenters. The van der Waals surface area contributed by atoms with Crippen molar-refractivity contribution in [1.29, 1.82) is 0 Å². The molecule has 56 valence electrons. The quantitative estimate of drug-likeness (QED) is 0.528. The van der Waals surface area contributed by atoms with Gasteiger partial charge in [-0.25, -0.2) is 0 Å². The predicted molar refractivity (Wildman–Crippen MR) is 44.0 cm³/mol. The molecule has 0 radical (unpaired) electrons. The Morgan fingerprint density at radius 2 is 1.78 bits per heavy atom. The summed E-state index contributed by atoms with van der Waals surface area (Å²) in [6.45, 7) is 9.01. The Morgan fingerprint density at radius 1 is 1.33 bits per heavy atom. The van der Waals surface area contributed by atoms with Gasteiger partial charge < -0.3 is 0 Å². The van der Waals surface area contributed by atoms with E-state index in [2.05, 4.69) is 27.7 Å². The third kappa shape index (κ3) is 3.80. The Bertz CT molecular complexity index is 71.1. The van der Waals surface area contributed by atoms with Crippen molar-refractivity contribution in [3.05, 3.63) is 0 Å². The van der Waals surface area contributed by atoms with Crippen LogP contribution >= 0.6 is 11.6 Å². The molecule has 0 bridgehead atoms. The number of halogens is 1. The van der Waals surface area contributed by atoms with Crippen LogP contribution in [0, 0.1) is 11.3 Å². The number of rotatable bonds is 2. The Labute approximate surface area is 63.6 Å². The normalized spacial score (nSPS) is 15.7. The van der Waals surface area contributed by atoms with E-state index in [0.717, 1.165) is 18.2 Å². The average Bonchev–Trinajstić information content (AvgIpc) is 1.64. The lowest BCUT2D eigenvalue weighted by molar-refractivity contribution is 0.256. The van der Waals surface area contributed by atoms with Crippen molar-refractivity contribution in [3.8, 4) is 0 Å². The van der Waals surface area contributed by atoms with Crippen LogP contribution in [-0.4, -0.2) is 5.88 Å². The molecule has 0 nitrogen and oxygen atoms in total. The molecule has 0 heterocycles. The highest BCUT2D eigenvalue weighted by molar-refractivity contribution is 6.17. The van der Waals surface area contributed by atoms with Crippen LogP contribution in [0.15, 0.2) is 0 Å². The molecule has 0 spiro atoms. The lowest BCUT2D eigenvalue weighted by Crippen LogP contribution is -2.17. The lowest BCUT2D eigenvalue weighted by atomic mass is 9.81. The summed E-state index contributed by atoms with van der Waals surface area (Å²) in [4.78, 5) is 0. The highest BCUT2D eigenvalue weighted by atomic mass is 35.5. The molecule has 0 saturated carbocycles. The maximum Gasteiger partial charge on any atom is 0.0226 e. The maximum atomic E-state index is 5.60. The minimum Gasteiger partial charge on any atom is -0.127 e. The van der Waals surface area contributed by atoms with Crippen LogP contribution in [0.25, 0.3) is 0 Å². The van der Waals surface area contributed by atoms with Gasteiger partial charge in [-0.2, -0.15) is 0 Å². The van der Waals surface area contributed by atoms with Gasteiger partial charge >= 0.3 is 0 Å². The molecule has 1 atom stereocenters. The van der Waals surface area contributed by atoms with E-state index in [1.54, 1.807) is 0 Å². The molecule has 0 N–H and O–H groups in total. The molecular weight excluding hydrogens is 132 g/mol. The van der Waals surface area contributed by atoms with Crippen LogP contribution in [0.3, 0.4) is 0 Å². The molecule has 0 aliphatic rings. The van der Waals surface area contributed by atoms with Gasteiger partial charge in [-0.1, -0.05) is 27.7 Å². The van der Waals surface area contributed by atoms with Crippen molar-refractivity contribution >= 4 is 11.6 Å². The minimum absolute atomic E-state index is 0.425. The van der Waals surface area contributed by atoms with Crippen molar-refractivity contribution in [2.45, 2.75) is 34.1 Å². The fraction of sp³-hybridized carbons (Fsp3) is 1.00. The predicted octanol–water partition coefficient (Wildman–Crippen LogP) is 3.30. The van der Waals surface area contributed by atoms with Gasteiger partial charge in [0.2, 0.25) is 0 Å². The molecule has 0 aliphatic heterocycles. The average molecular weight is 149 g/mol. The summed E-state index contributed by atoms with van der Waals surface area (Å²) in [5.74, 6) is 1.52. The van der Waals surface area contributed by atoms with Gasteiger partial charge in [-0.05, 0) is 17.8 Å². The summed E-state index contributed by atoms with van der Waals surface area (Å²) in [7, 11) is 0. The first-order chi connectivity index (χ1) is 3.98. The SMILES string of the molecule is C[C@H](CCCl)C(C)(C)C. The van der Waals surface area contributed by atoms with Gasteiger partial charge in [0.15, 0.2) is 0 Å². The Hall–Kier alpha value is 0.290. The first-order valence-corrected chi connectivity index (χ1v) is 4.08. The largest absolute Gasteiger partial charge is 0.127 e. The molecule has 0 fully saturated rings. The van der Waals surface area contributed by atoms with Crippen molar-refractivity contribution in [2.75, 3.05) is 5.88 Å². The van der Waals surface area contributed by atoms with Gasteiger partial charge in [0, 0.05) is 5.88 Å². The molecule has 0 saturated heterocycles. The molecule has 1 heteroatoms. The van der Waals surface area contributed by atoms with E-state index in [1.807, 2.05) is 0 Å². The number of alkyl halides is 1. The van der Waals surface area contributed by atoms with Gasteiger partial charge in [-0.15, -0.1) is 11.6 Å². The first-order valence-electron chi connectivity index (χ1n) is 3.54. The summed E-state index contributed by atoms with van der Waals surface area (Å²) in [6.07, 6.45) is 1.13. The molecule has 0 rings (SSSR count). The standard InChI is InChI=1S/C8H17Cl/c1-7(5-6-9)8(2,3)4/h7H,5-6H2,1-4H3/t7-/m1/s1. The van der Waals surface area contributed by atoms with Crippen LogP contribution in [0.4, 0.5) is 0 Å². The zero-order valence-electron chi connectivity index (χ0n) is 6.87. The molecule has 0 aliphatic carbocycles. The van der Waals surface area contributed by atoms with Gasteiger partial charge in [0.25, 0.3) is 0 Å². The molecular formula is C8H17Cl. The van der Waals surface area contributed by atoms with Crippen molar-refractivity contribution in [1.82, 2.24) is 0 Å². The van der Waals surface area contributed by atoms with Crippen LogP contribution in [0.5, 0.6) is 0 Å². The van der Waals surface area contributed by atoms with Crippen molar-refractivity contribution in [2.24, 2.45) is 11.3 Å². The van der Waals surface area contributed by atoms with Gasteiger partial charge in [0.1, 0.15) is 0 Å². The highest BCUT2D eigenvalue weighted by Gasteiger charge is 2.18. The van der Waals surface area contributed by atoms with Gasteiger partial charge in [-0.3, -0.25) is 0 Å². The molecule has 0 amide bonds. The van der Waals surface area contributed by atoms with Crippen LogP contribution in [0.1, 0.15) is 34.1 Å². The Morgan fingerprint density at radius 3 is 1.89 bits per heavy atom. The summed E-state index contributed by atoms with van der Waals surface area (Å²) in [5.41, 5.74) is 0.425. The molecule has 0 aromatic carbocycles. The third-order valence-corrected chi connectivity index (χ3v) is 2.24. The first kappa shape index (κ1) is 9.29. The topological polar surface area (TPSA) is 0 Å². The second-order valence-electron chi connectivity index (χ2n) is 3.74. The van der Waals surface area contributed by atoms with Crippen LogP contribution in [0.2, 0.25) is 0 Å². The van der Waals surface area contributed by atoms with Crippen molar-refractivity contribution < 1.29 is 0 Å². The van der Waals surface area contributed by atoms with E-state index in [0.29, 0.717) is 5.41 Å². The Balaban J connectivity index is 3.59. The number of hydrogen-bond acceptors (Lipinski definition) is 0. The fourth-order valence-corrected chi connectivity index (χ4v) is 0.924. The summed E-state index contributed by atoms with van der Waals surface area (Å²) >= 11 is 5.60. The van der Waals surface area contributed by atoms with E-state index in [4.69, 9.17) is 11.6 Å². The number of hydrogen-bond donors (Lipinski definition) is 0. The fourth-order valence-electron chi connectivity index (χ4n) is 0.597. The molecule has 9 heavy (non-hydrogen) atoms. The van der Waals surface area contributed by atoms with Crippen molar-refractivity contribution in [3.63, 3.8) is 0 Å². The third-order valence-electron chi connectivity index (χ3n) is 2.02. The Kier molecular flexibility index (Phi) is 3.57. The van der Waals surface area contributed by atoms with Gasteiger partial charge in [0.05, 0.1) is 0 Å². The zero-order valence-corrected chi connectivity index (χ0v) is 7.63. The molecule has 0 aromatic rings. The lowest BCUT2D eigenvalue weighted by Gasteiger charge is -2.26. The van der Waals surface area contributed by atoms with Crippen LogP contribution in [-0.2, 0) is 0 Å². The monoisotopic (exact) mass is 148 g/mol. The second kappa shape index (κ2) is 3.46. The second-order valence-corrected chi connectivity index (χ2v) is 4.12. The van der Waals surface area contributed by atoms with E-state index in [9.17, 15) is 0 Å². The molecule has 0 aromatic heterocycles. The van der Waals surface area contributed by atoms with E-state index in [-0.39, 0.29) is 0 Å². The summed E-state index contributed by atoms with van der Waals surface area (Å²) in [5, 5.41) is 0. The zero-order chi connectivity index (χ0) is 7.49. The van der Waals surface area contributed by atoms with E-state index in [1.165, 1.54) is 0 Å². The van der Waals surface area contributed by atoms with Crippen LogP contribution < -0.4 is 0 Å². The summed E-state index contributed by atoms with van der Waals surface area (Å²) in [6, 6.07) is 0.